The lowest BCUT2D eigenvalue weighted by Crippen LogP contribution is -2.43. The first-order valence-corrected chi connectivity index (χ1v) is 7.74. The second-order valence-electron chi connectivity index (χ2n) is 4.09. The van der Waals surface area contributed by atoms with E-state index in [2.05, 4.69) is 39.5 Å². The number of aromatic nitrogens is 1. The van der Waals surface area contributed by atoms with Gasteiger partial charge in [-0.1, -0.05) is 45.9 Å². The van der Waals surface area contributed by atoms with Gasteiger partial charge < -0.3 is 10.2 Å². The van der Waals surface area contributed by atoms with E-state index in [1.165, 1.54) is 11.1 Å². The van der Waals surface area contributed by atoms with Crippen molar-refractivity contribution in [1.29, 1.82) is 0 Å². The Balaban J connectivity index is 0.000000461. The molecular weight excluding hydrogens is 246 g/mol. The minimum Gasteiger partial charge on any atom is -0.367 e. The maximum absolute atomic E-state index is 4.49. The Kier molecular flexibility index (Phi) is 7.66. The number of anilines is 1. The standard InChI is InChI=1S/C13H15N3.2C2H6/c1-3-11-4-2-6-15-13(11)12(5-1)16-9-7-14-8-10-16;2*1-2/h1-6,14H,7-10H2;2*1-2H3. The van der Waals surface area contributed by atoms with Crippen molar-refractivity contribution in [3.05, 3.63) is 36.5 Å². The Morgan fingerprint density at radius 1 is 0.950 bits per heavy atom. The van der Waals surface area contributed by atoms with Crippen LogP contribution in [-0.2, 0) is 0 Å². The van der Waals surface area contributed by atoms with Crippen LogP contribution in [-0.4, -0.2) is 31.2 Å². The van der Waals surface area contributed by atoms with Gasteiger partial charge in [-0.2, -0.15) is 0 Å². The van der Waals surface area contributed by atoms with Crippen molar-refractivity contribution in [2.75, 3.05) is 31.1 Å². The van der Waals surface area contributed by atoms with Crippen molar-refractivity contribution in [2.45, 2.75) is 27.7 Å². The van der Waals surface area contributed by atoms with Crippen molar-refractivity contribution in [1.82, 2.24) is 10.3 Å². The van der Waals surface area contributed by atoms with Crippen LogP contribution in [0.5, 0.6) is 0 Å². The van der Waals surface area contributed by atoms with E-state index >= 15 is 0 Å². The lowest BCUT2D eigenvalue weighted by Gasteiger charge is -2.29. The van der Waals surface area contributed by atoms with Crippen LogP contribution in [0.4, 0.5) is 5.69 Å². The average Bonchev–Trinajstić information content (AvgIpc) is 2.59. The fourth-order valence-electron chi connectivity index (χ4n) is 2.25. The lowest BCUT2D eigenvalue weighted by molar-refractivity contribution is 0.590. The van der Waals surface area contributed by atoms with E-state index in [9.17, 15) is 0 Å². The number of nitrogens with zero attached hydrogens (tertiary/aromatic N) is 2. The van der Waals surface area contributed by atoms with Crippen LogP contribution < -0.4 is 10.2 Å². The molecule has 20 heavy (non-hydrogen) atoms. The smallest absolute Gasteiger partial charge is 0.0935 e. The van der Waals surface area contributed by atoms with E-state index < -0.39 is 0 Å². The second-order valence-corrected chi connectivity index (χ2v) is 4.09. The molecule has 0 aliphatic carbocycles. The fourth-order valence-corrected chi connectivity index (χ4v) is 2.25. The maximum Gasteiger partial charge on any atom is 0.0935 e. The van der Waals surface area contributed by atoms with Crippen LogP contribution in [0.1, 0.15) is 27.7 Å². The summed E-state index contributed by atoms with van der Waals surface area (Å²) in [7, 11) is 0. The largest absolute Gasteiger partial charge is 0.367 e. The zero-order valence-electron chi connectivity index (χ0n) is 13.2. The highest BCUT2D eigenvalue weighted by atomic mass is 15.2. The van der Waals surface area contributed by atoms with Crippen LogP contribution in [0.25, 0.3) is 10.9 Å². The number of nitrogens with one attached hydrogen (secondary N) is 1. The topological polar surface area (TPSA) is 28.2 Å². The summed E-state index contributed by atoms with van der Waals surface area (Å²) < 4.78 is 0. The van der Waals surface area contributed by atoms with Gasteiger partial charge in [-0.15, -0.1) is 0 Å². The summed E-state index contributed by atoms with van der Waals surface area (Å²) in [5.74, 6) is 0. The highest BCUT2D eigenvalue weighted by Crippen LogP contribution is 2.24. The lowest BCUT2D eigenvalue weighted by atomic mass is 10.1. The Hall–Kier alpha value is -1.61. The Bertz CT molecular complexity index is 485. The van der Waals surface area contributed by atoms with Crippen molar-refractivity contribution >= 4 is 16.6 Å². The second kappa shape index (κ2) is 9.32. The molecule has 2 heterocycles. The third-order valence-electron chi connectivity index (χ3n) is 3.07. The first-order chi connectivity index (χ1) is 9.95. The Morgan fingerprint density at radius 3 is 2.30 bits per heavy atom. The summed E-state index contributed by atoms with van der Waals surface area (Å²) in [6.07, 6.45) is 1.87. The van der Waals surface area contributed by atoms with Gasteiger partial charge >= 0.3 is 0 Å². The van der Waals surface area contributed by atoms with Crippen molar-refractivity contribution < 1.29 is 0 Å². The van der Waals surface area contributed by atoms with Crippen LogP contribution in [0.2, 0.25) is 0 Å². The molecule has 1 aromatic carbocycles. The summed E-state index contributed by atoms with van der Waals surface area (Å²) in [6, 6.07) is 10.5. The minimum absolute atomic E-state index is 1.06. The van der Waals surface area contributed by atoms with Gasteiger partial charge in [0.25, 0.3) is 0 Å². The number of piperazine rings is 1. The monoisotopic (exact) mass is 273 g/mol. The molecule has 1 fully saturated rings. The molecule has 0 spiro atoms. The molecule has 1 saturated heterocycles. The van der Waals surface area contributed by atoms with E-state index in [1.54, 1.807) is 0 Å². The third kappa shape index (κ3) is 3.94. The fraction of sp³-hybridized carbons (Fsp3) is 0.471. The molecule has 110 valence electrons. The number of benzene rings is 1. The van der Waals surface area contributed by atoms with Gasteiger partial charge in [0.15, 0.2) is 0 Å². The molecule has 1 aliphatic rings. The molecular formula is C17H27N3. The Labute approximate surface area is 123 Å². The van der Waals surface area contributed by atoms with Crippen LogP contribution >= 0.6 is 0 Å². The number of pyridine rings is 1. The van der Waals surface area contributed by atoms with Gasteiger partial charge in [0.1, 0.15) is 0 Å². The predicted octanol–water partition coefficient (Wildman–Crippen LogP) is 3.70. The zero-order valence-corrected chi connectivity index (χ0v) is 13.2. The highest BCUT2D eigenvalue weighted by molar-refractivity contribution is 5.90. The molecule has 2 aromatic rings. The molecule has 3 nitrogen and oxygen atoms in total. The summed E-state index contributed by atoms with van der Waals surface area (Å²) in [5, 5.41) is 4.59. The number of fused-ring (bicyclic) bond motifs is 1. The van der Waals surface area contributed by atoms with Gasteiger partial charge in [0, 0.05) is 37.8 Å². The molecule has 1 aromatic heterocycles. The maximum atomic E-state index is 4.49. The summed E-state index contributed by atoms with van der Waals surface area (Å²) in [6.45, 7) is 12.2. The van der Waals surface area contributed by atoms with E-state index in [-0.39, 0.29) is 0 Å². The molecule has 0 atom stereocenters. The normalized spacial score (nSPS) is 13.9. The molecule has 3 heteroatoms. The van der Waals surface area contributed by atoms with Gasteiger partial charge in [-0.05, 0) is 12.1 Å². The van der Waals surface area contributed by atoms with Crippen molar-refractivity contribution in [3.8, 4) is 0 Å². The molecule has 0 amide bonds. The first-order valence-electron chi connectivity index (χ1n) is 7.74. The number of para-hydroxylation sites is 1. The predicted molar refractivity (Wildman–Crippen MR) is 89.5 cm³/mol. The molecule has 1 aliphatic heterocycles. The summed E-state index contributed by atoms with van der Waals surface area (Å²) in [5.41, 5.74) is 2.38. The SMILES string of the molecule is CC.CC.c1cnc2c(N3CCNCC3)cccc2c1. The minimum atomic E-state index is 1.06. The van der Waals surface area contributed by atoms with Crippen LogP contribution in [0.15, 0.2) is 36.5 Å². The third-order valence-corrected chi connectivity index (χ3v) is 3.07. The molecule has 0 saturated carbocycles. The highest BCUT2D eigenvalue weighted by Gasteiger charge is 2.13. The van der Waals surface area contributed by atoms with Gasteiger partial charge in [0.05, 0.1) is 11.2 Å². The molecule has 3 rings (SSSR count). The number of hydrogen-bond acceptors (Lipinski definition) is 3. The van der Waals surface area contributed by atoms with Crippen molar-refractivity contribution in [2.24, 2.45) is 0 Å². The van der Waals surface area contributed by atoms with E-state index in [4.69, 9.17) is 0 Å². The quantitative estimate of drug-likeness (QED) is 0.858. The summed E-state index contributed by atoms with van der Waals surface area (Å²) in [4.78, 5) is 6.90. The van der Waals surface area contributed by atoms with Gasteiger partial charge in [0.2, 0.25) is 0 Å². The van der Waals surface area contributed by atoms with E-state index in [0.29, 0.717) is 0 Å². The first kappa shape index (κ1) is 16.4. The molecule has 0 unspecified atom stereocenters. The van der Waals surface area contributed by atoms with Crippen LogP contribution in [0, 0.1) is 0 Å². The van der Waals surface area contributed by atoms with Gasteiger partial charge in [-0.25, -0.2) is 0 Å². The van der Waals surface area contributed by atoms with E-state index in [0.717, 1.165) is 31.7 Å². The van der Waals surface area contributed by atoms with Crippen LogP contribution in [0.3, 0.4) is 0 Å². The zero-order chi connectivity index (χ0) is 14.8. The average molecular weight is 273 g/mol. The molecule has 0 bridgehead atoms. The van der Waals surface area contributed by atoms with E-state index in [1.807, 2.05) is 40.0 Å². The number of hydrogen-bond donors (Lipinski definition) is 1. The van der Waals surface area contributed by atoms with Crippen molar-refractivity contribution in [3.63, 3.8) is 0 Å². The summed E-state index contributed by atoms with van der Waals surface area (Å²) >= 11 is 0. The van der Waals surface area contributed by atoms with Gasteiger partial charge in [-0.3, -0.25) is 4.98 Å². The molecule has 0 radical (unpaired) electrons. The molecule has 1 N–H and O–H groups in total. The number of rotatable bonds is 1. The Morgan fingerprint density at radius 2 is 1.60 bits per heavy atom.